The van der Waals surface area contributed by atoms with Crippen LogP contribution in [0, 0.1) is 0 Å². The Bertz CT molecular complexity index is 462. The lowest BCUT2D eigenvalue weighted by Gasteiger charge is -2.39. The molecule has 20 heavy (non-hydrogen) atoms. The SMILES string of the molecule is O=Cc1ccccc1O[C@H]1O[C@H](CO)[C@H](O)[C@@H](O)[C@H]1O. The molecule has 0 spiro atoms. The molecule has 1 aliphatic rings. The van der Waals surface area contributed by atoms with E-state index in [9.17, 15) is 20.1 Å². The van der Waals surface area contributed by atoms with E-state index in [4.69, 9.17) is 14.6 Å². The first-order valence-corrected chi connectivity index (χ1v) is 6.10. The summed E-state index contributed by atoms with van der Waals surface area (Å²) < 4.78 is 10.5. The van der Waals surface area contributed by atoms with Crippen LogP contribution in [-0.4, -0.2) is 64.0 Å². The molecule has 5 atom stereocenters. The monoisotopic (exact) mass is 284 g/mol. The van der Waals surface area contributed by atoms with Crippen LogP contribution in [-0.2, 0) is 4.74 Å². The largest absolute Gasteiger partial charge is 0.461 e. The van der Waals surface area contributed by atoms with Gasteiger partial charge in [0.1, 0.15) is 30.2 Å². The summed E-state index contributed by atoms with van der Waals surface area (Å²) >= 11 is 0. The smallest absolute Gasteiger partial charge is 0.229 e. The van der Waals surface area contributed by atoms with Crippen molar-refractivity contribution in [2.45, 2.75) is 30.7 Å². The fourth-order valence-corrected chi connectivity index (χ4v) is 1.98. The summed E-state index contributed by atoms with van der Waals surface area (Å²) in [5.74, 6) is 0.173. The number of hydrogen-bond donors (Lipinski definition) is 4. The van der Waals surface area contributed by atoms with Crippen molar-refractivity contribution in [1.29, 1.82) is 0 Å². The molecule has 1 fully saturated rings. The van der Waals surface area contributed by atoms with Crippen LogP contribution in [0.15, 0.2) is 24.3 Å². The fourth-order valence-electron chi connectivity index (χ4n) is 1.98. The molecule has 0 saturated carbocycles. The van der Waals surface area contributed by atoms with Gasteiger partial charge in [0.05, 0.1) is 12.2 Å². The van der Waals surface area contributed by atoms with Crippen molar-refractivity contribution < 1.29 is 34.7 Å². The maximum absolute atomic E-state index is 10.9. The number of para-hydroxylation sites is 1. The van der Waals surface area contributed by atoms with Crippen molar-refractivity contribution >= 4 is 6.29 Å². The highest BCUT2D eigenvalue weighted by Gasteiger charge is 2.44. The van der Waals surface area contributed by atoms with E-state index in [1.165, 1.54) is 12.1 Å². The van der Waals surface area contributed by atoms with Gasteiger partial charge in [-0.25, -0.2) is 0 Å². The van der Waals surface area contributed by atoms with Crippen LogP contribution >= 0.6 is 0 Å². The Morgan fingerprint density at radius 3 is 2.50 bits per heavy atom. The third kappa shape index (κ3) is 2.82. The molecule has 0 bridgehead atoms. The van der Waals surface area contributed by atoms with Gasteiger partial charge in [0.25, 0.3) is 0 Å². The van der Waals surface area contributed by atoms with Gasteiger partial charge in [-0.15, -0.1) is 0 Å². The molecule has 1 aliphatic heterocycles. The zero-order valence-electron chi connectivity index (χ0n) is 10.5. The van der Waals surface area contributed by atoms with Crippen molar-refractivity contribution in [2.24, 2.45) is 0 Å². The molecule has 1 aromatic carbocycles. The normalized spacial score (nSPS) is 33.7. The maximum atomic E-state index is 10.9. The van der Waals surface area contributed by atoms with Gasteiger partial charge in [-0.2, -0.15) is 0 Å². The van der Waals surface area contributed by atoms with Crippen LogP contribution in [0.4, 0.5) is 0 Å². The Hall–Kier alpha value is -1.51. The van der Waals surface area contributed by atoms with E-state index in [-0.39, 0.29) is 11.3 Å². The first-order chi connectivity index (χ1) is 9.58. The molecule has 2 rings (SSSR count). The molecule has 110 valence electrons. The van der Waals surface area contributed by atoms with Crippen LogP contribution in [0.1, 0.15) is 10.4 Å². The third-order valence-electron chi connectivity index (χ3n) is 3.14. The summed E-state index contributed by atoms with van der Waals surface area (Å²) in [5.41, 5.74) is 0.254. The zero-order chi connectivity index (χ0) is 14.7. The van der Waals surface area contributed by atoms with Gasteiger partial charge in [-0.3, -0.25) is 4.79 Å². The Labute approximate surface area is 115 Å². The van der Waals surface area contributed by atoms with Crippen molar-refractivity contribution in [2.75, 3.05) is 6.61 Å². The molecule has 0 aliphatic carbocycles. The van der Waals surface area contributed by atoms with Crippen LogP contribution in [0.3, 0.4) is 0 Å². The van der Waals surface area contributed by atoms with Gasteiger partial charge in [0.2, 0.25) is 6.29 Å². The van der Waals surface area contributed by atoms with Gasteiger partial charge in [-0.05, 0) is 12.1 Å². The van der Waals surface area contributed by atoms with Crippen molar-refractivity contribution in [1.82, 2.24) is 0 Å². The number of carbonyl (C=O) groups is 1. The number of rotatable bonds is 4. The lowest BCUT2D eigenvalue weighted by molar-refractivity contribution is -0.277. The molecular formula is C13H16O7. The Morgan fingerprint density at radius 2 is 1.85 bits per heavy atom. The highest BCUT2D eigenvalue weighted by atomic mass is 16.7. The minimum Gasteiger partial charge on any atom is -0.461 e. The topological polar surface area (TPSA) is 116 Å². The number of aliphatic hydroxyl groups is 4. The van der Waals surface area contributed by atoms with Gasteiger partial charge < -0.3 is 29.9 Å². The summed E-state index contributed by atoms with van der Waals surface area (Å²) in [7, 11) is 0. The first kappa shape index (κ1) is 14.9. The van der Waals surface area contributed by atoms with Crippen molar-refractivity contribution in [3.8, 4) is 5.75 Å². The Morgan fingerprint density at radius 1 is 1.15 bits per heavy atom. The van der Waals surface area contributed by atoms with Gasteiger partial charge >= 0.3 is 0 Å². The second-order valence-electron chi connectivity index (χ2n) is 4.47. The van der Waals surface area contributed by atoms with E-state index in [0.29, 0.717) is 6.29 Å². The maximum Gasteiger partial charge on any atom is 0.229 e. The second kappa shape index (κ2) is 6.29. The third-order valence-corrected chi connectivity index (χ3v) is 3.14. The molecule has 0 radical (unpaired) electrons. The summed E-state index contributed by atoms with van der Waals surface area (Å²) in [6.07, 6.45) is -6.24. The van der Waals surface area contributed by atoms with E-state index in [1.807, 2.05) is 0 Å². The summed E-state index contributed by atoms with van der Waals surface area (Å²) in [4.78, 5) is 10.9. The number of aliphatic hydroxyl groups excluding tert-OH is 4. The lowest BCUT2D eigenvalue weighted by atomic mass is 9.99. The highest BCUT2D eigenvalue weighted by molar-refractivity contribution is 5.79. The molecule has 1 saturated heterocycles. The number of aldehydes is 1. The van der Waals surface area contributed by atoms with Crippen molar-refractivity contribution in [3.05, 3.63) is 29.8 Å². The number of carbonyl (C=O) groups excluding carboxylic acids is 1. The zero-order valence-corrected chi connectivity index (χ0v) is 10.5. The molecule has 0 unspecified atom stereocenters. The van der Waals surface area contributed by atoms with Gasteiger partial charge in [-0.1, -0.05) is 12.1 Å². The van der Waals surface area contributed by atoms with E-state index >= 15 is 0 Å². The summed E-state index contributed by atoms with van der Waals surface area (Å²) in [6, 6.07) is 6.30. The minimum absolute atomic E-state index is 0.173. The molecule has 0 aromatic heterocycles. The predicted molar refractivity (Wildman–Crippen MR) is 66.2 cm³/mol. The summed E-state index contributed by atoms with van der Waals surface area (Å²) in [5, 5.41) is 38.1. The second-order valence-corrected chi connectivity index (χ2v) is 4.47. The quantitative estimate of drug-likeness (QED) is 0.507. The first-order valence-electron chi connectivity index (χ1n) is 6.10. The van der Waals surface area contributed by atoms with Crippen LogP contribution in [0.2, 0.25) is 0 Å². The van der Waals surface area contributed by atoms with Gasteiger partial charge in [0, 0.05) is 0 Å². The molecule has 7 nitrogen and oxygen atoms in total. The van der Waals surface area contributed by atoms with E-state index < -0.39 is 37.3 Å². The number of hydrogen-bond acceptors (Lipinski definition) is 7. The van der Waals surface area contributed by atoms with Crippen LogP contribution in [0.25, 0.3) is 0 Å². The van der Waals surface area contributed by atoms with Crippen LogP contribution < -0.4 is 4.74 Å². The number of benzene rings is 1. The highest BCUT2D eigenvalue weighted by Crippen LogP contribution is 2.25. The Balaban J connectivity index is 2.17. The van der Waals surface area contributed by atoms with E-state index in [1.54, 1.807) is 12.1 Å². The average molecular weight is 284 g/mol. The Kier molecular flexibility index (Phi) is 4.69. The molecule has 7 heteroatoms. The van der Waals surface area contributed by atoms with E-state index in [2.05, 4.69) is 0 Å². The predicted octanol–water partition coefficient (Wildman–Crippen LogP) is -1.32. The minimum atomic E-state index is -1.52. The van der Waals surface area contributed by atoms with Gasteiger partial charge in [0.15, 0.2) is 6.29 Å². The fraction of sp³-hybridized carbons (Fsp3) is 0.462. The van der Waals surface area contributed by atoms with E-state index in [0.717, 1.165) is 0 Å². The average Bonchev–Trinajstić information content (AvgIpc) is 2.48. The molecular weight excluding hydrogens is 268 g/mol. The van der Waals surface area contributed by atoms with Crippen molar-refractivity contribution in [3.63, 3.8) is 0 Å². The molecule has 4 N–H and O–H groups in total. The summed E-state index contributed by atoms with van der Waals surface area (Å²) in [6.45, 7) is -0.542. The van der Waals surface area contributed by atoms with Crippen LogP contribution in [0.5, 0.6) is 5.75 Å². The molecule has 1 heterocycles. The molecule has 0 amide bonds. The lowest BCUT2D eigenvalue weighted by Crippen LogP contribution is -2.60. The standard InChI is InChI=1S/C13H16O7/c14-5-7-3-1-2-4-8(7)19-13-12(18)11(17)10(16)9(6-15)20-13/h1-5,9-13,15-18H,6H2/t9-,10+,11-,12-,13+/m1/s1. The molecule has 1 aromatic rings. The number of ether oxygens (including phenoxy) is 2.